The Kier molecular flexibility index (Phi) is 7.35. The lowest BCUT2D eigenvalue weighted by atomic mass is 9.53. The zero-order valence-corrected chi connectivity index (χ0v) is 23.5. The van der Waals surface area contributed by atoms with Gasteiger partial charge >= 0.3 is 0 Å². The van der Waals surface area contributed by atoms with E-state index in [-0.39, 0.29) is 41.4 Å². The highest BCUT2D eigenvalue weighted by Gasteiger charge is 2.66. The topological polar surface area (TPSA) is 62.0 Å². The number of allylic oxidation sites excluding steroid dienone is 8. The molecule has 7 atom stereocenters. The van der Waals surface area contributed by atoms with Crippen LogP contribution < -0.4 is 5.32 Å². The molecule has 1 aromatic carbocycles. The number of nitrogens with one attached hydrogen (secondary N) is 2. The monoisotopic (exact) mass is 510 g/mol. The number of carbonyl (C=O) groups excluding carboxylic acids is 2. The van der Waals surface area contributed by atoms with Crippen LogP contribution in [0.2, 0.25) is 0 Å². The Morgan fingerprint density at radius 1 is 1.11 bits per heavy atom. The van der Waals surface area contributed by atoms with Gasteiger partial charge in [0.05, 0.1) is 0 Å². The van der Waals surface area contributed by atoms with Crippen LogP contribution in [0.25, 0.3) is 10.9 Å². The summed E-state index contributed by atoms with van der Waals surface area (Å²) in [5, 5.41) is 4.59. The van der Waals surface area contributed by atoms with Gasteiger partial charge in [0.25, 0.3) is 0 Å². The molecular weight excluding hydrogens is 468 g/mol. The van der Waals surface area contributed by atoms with E-state index in [1.807, 2.05) is 12.1 Å². The van der Waals surface area contributed by atoms with E-state index in [1.54, 1.807) is 6.08 Å². The predicted octanol–water partition coefficient (Wildman–Crippen LogP) is 7.42. The minimum absolute atomic E-state index is 0.0422. The molecule has 4 nitrogen and oxygen atoms in total. The molecule has 1 saturated heterocycles. The molecule has 2 N–H and O–H groups in total. The fourth-order valence-electron chi connectivity index (χ4n) is 7.60. The van der Waals surface area contributed by atoms with E-state index < -0.39 is 5.41 Å². The Bertz CT molecular complexity index is 1340. The summed E-state index contributed by atoms with van der Waals surface area (Å²) in [6.07, 6.45) is 18.3. The molecule has 5 rings (SSSR count). The molecule has 1 amide bonds. The van der Waals surface area contributed by atoms with Crippen LogP contribution in [0.1, 0.15) is 71.8 Å². The standard InChI is InChI=1S/C34H42N2O2/c1-6-26-23(4)19-25-14-11-13-22(3)18-21(2)12-7-10-17-30(37)34(25)31(26)32(36-33(34)38)24(5)28-20-35-29-16-9-8-15-27(28)29/h8-11,14-20,22,24-26,31-32,35H,6-7,12-13H2,1-5H3,(H,36,38)/t22-,24+,25-,26+,31-,32-,34+/m0/s1. The summed E-state index contributed by atoms with van der Waals surface area (Å²) in [5.74, 6) is 0.0998. The van der Waals surface area contributed by atoms with Gasteiger partial charge in [0.1, 0.15) is 5.41 Å². The van der Waals surface area contributed by atoms with Crippen LogP contribution in [0.15, 0.2) is 78.1 Å². The van der Waals surface area contributed by atoms with E-state index in [0.29, 0.717) is 5.92 Å². The van der Waals surface area contributed by atoms with Gasteiger partial charge in [-0.3, -0.25) is 9.59 Å². The first-order valence-electron chi connectivity index (χ1n) is 14.4. The van der Waals surface area contributed by atoms with E-state index in [0.717, 1.165) is 31.2 Å². The second-order valence-corrected chi connectivity index (χ2v) is 11.9. The molecule has 1 spiro atoms. The van der Waals surface area contributed by atoms with Crippen molar-refractivity contribution in [3.8, 4) is 0 Å². The summed E-state index contributed by atoms with van der Waals surface area (Å²) in [5.41, 5.74) is 3.81. The second kappa shape index (κ2) is 10.6. The van der Waals surface area contributed by atoms with Gasteiger partial charge in [-0.05, 0) is 69.1 Å². The smallest absolute Gasteiger partial charge is 0.235 e. The Morgan fingerprint density at radius 2 is 1.89 bits per heavy atom. The number of para-hydroxylation sites is 1. The fourth-order valence-corrected chi connectivity index (χ4v) is 7.60. The van der Waals surface area contributed by atoms with Crippen LogP contribution in [0.5, 0.6) is 0 Å². The summed E-state index contributed by atoms with van der Waals surface area (Å²) in [6.45, 7) is 11.0. The molecule has 0 saturated carbocycles. The van der Waals surface area contributed by atoms with E-state index in [4.69, 9.17) is 0 Å². The van der Waals surface area contributed by atoms with Gasteiger partial charge in [-0.15, -0.1) is 0 Å². The number of amides is 1. The summed E-state index contributed by atoms with van der Waals surface area (Å²) in [6, 6.07) is 8.19. The third-order valence-corrected chi connectivity index (χ3v) is 9.47. The lowest BCUT2D eigenvalue weighted by Crippen LogP contribution is -2.52. The van der Waals surface area contributed by atoms with Crippen molar-refractivity contribution in [3.05, 3.63) is 83.6 Å². The maximum absolute atomic E-state index is 14.3. The van der Waals surface area contributed by atoms with Crippen LogP contribution in [0.3, 0.4) is 0 Å². The quantitative estimate of drug-likeness (QED) is 0.333. The lowest BCUT2D eigenvalue weighted by Gasteiger charge is -2.46. The van der Waals surface area contributed by atoms with Crippen molar-refractivity contribution in [1.29, 1.82) is 0 Å². The number of carbonyl (C=O) groups is 2. The molecule has 1 aromatic heterocycles. The third-order valence-electron chi connectivity index (χ3n) is 9.47. The van der Waals surface area contributed by atoms with Crippen LogP contribution in [-0.4, -0.2) is 22.7 Å². The molecule has 4 heteroatoms. The van der Waals surface area contributed by atoms with E-state index in [1.165, 1.54) is 22.1 Å². The van der Waals surface area contributed by atoms with Crippen LogP contribution in [0.4, 0.5) is 0 Å². The highest BCUT2D eigenvalue weighted by atomic mass is 16.2. The van der Waals surface area contributed by atoms with Crippen molar-refractivity contribution in [3.63, 3.8) is 0 Å². The molecule has 200 valence electrons. The van der Waals surface area contributed by atoms with Crippen molar-refractivity contribution in [2.45, 2.75) is 72.3 Å². The van der Waals surface area contributed by atoms with E-state index >= 15 is 0 Å². The van der Waals surface area contributed by atoms with Gasteiger partial charge in [-0.2, -0.15) is 0 Å². The molecule has 1 fully saturated rings. The Labute approximate surface area is 227 Å². The SMILES string of the molecule is CC[C@@H]1C(C)=C[C@@H]2C=CC[C@H](C)C=C(C)CCC=CC(=O)[C@]23C(=O)N[C@@H]([C@H](C)c2c[nH]c4ccccc24)[C@H]13. The van der Waals surface area contributed by atoms with Gasteiger partial charge in [-0.25, -0.2) is 0 Å². The summed E-state index contributed by atoms with van der Waals surface area (Å²) >= 11 is 0. The number of fused-ring (bicyclic) bond motifs is 1. The Morgan fingerprint density at radius 3 is 2.68 bits per heavy atom. The van der Waals surface area contributed by atoms with Crippen molar-refractivity contribution < 1.29 is 9.59 Å². The predicted molar refractivity (Wildman–Crippen MR) is 156 cm³/mol. The molecule has 38 heavy (non-hydrogen) atoms. The second-order valence-electron chi connectivity index (χ2n) is 11.9. The van der Waals surface area contributed by atoms with Crippen molar-refractivity contribution in [2.75, 3.05) is 0 Å². The number of ketones is 1. The third kappa shape index (κ3) is 4.32. The zero-order valence-electron chi connectivity index (χ0n) is 23.5. The summed E-state index contributed by atoms with van der Waals surface area (Å²) < 4.78 is 0. The largest absolute Gasteiger partial charge is 0.361 e. The lowest BCUT2D eigenvalue weighted by molar-refractivity contribution is -0.142. The number of hydrogen-bond donors (Lipinski definition) is 2. The summed E-state index contributed by atoms with van der Waals surface area (Å²) in [4.78, 5) is 32.0. The Hall–Kier alpha value is -3.14. The van der Waals surface area contributed by atoms with Crippen LogP contribution in [-0.2, 0) is 9.59 Å². The van der Waals surface area contributed by atoms with Gasteiger partial charge in [0.15, 0.2) is 5.78 Å². The van der Waals surface area contributed by atoms with Gasteiger partial charge < -0.3 is 10.3 Å². The van der Waals surface area contributed by atoms with Crippen LogP contribution in [0, 0.1) is 29.1 Å². The number of aromatic nitrogens is 1. The molecule has 0 radical (unpaired) electrons. The first-order valence-corrected chi connectivity index (χ1v) is 14.4. The highest BCUT2D eigenvalue weighted by Crippen LogP contribution is 2.57. The maximum atomic E-state index is 14.3. The Balaban J connectivity index is 1.64. The number of hydrogen-bond acceptors (Lipinski definition) is 2. The average Bonchev–Trinajstić information content (AvgIpc) is 3.46. The first-order chi connectivity index (χ1) is 18.3. The van der Waals surface area contributed by atoms with Crippen molar-refractivity contribution in [1.82, 2.24) is 10.3 Å². The van der Waals surface area contributed by atoms with Crippen molar-refractivity contribution >= 4 is 22.6 Å². The normalized spacial score (nSPS) is 32.8. The molecule has 0 unspecified atom stereocenters. The number of benzene rings is 1. The number of H-pyrrole nitrogens is 1. The molecule has 0 bridgehead atoms. The first kappa shape index (κ1) is 26.5. The molecular formula is C34H42N2O2. The zero-order chi connectivity index (χ0) is 27.0. The molecule has 2 heterocycles. The highest BCUT2D eigenvalue weighted by molar-refractivity contribution is 6.13. The average molecular weight is 511 g/mol. The molecule has 1 aliphatic heterocycles. The molecule has 2 aromatic rings. The fraction of sp³-hybridized carbons (Fsp3) is 0.471. The van der Waals surface area contributed by atoms with Crippen LogP contribution >= 0.6 is 0 Å². The number of rotatable bonds is 3. The minimum Gasteiger partial charge on any atom is -0.361 e. The van der Waals surface area contributed by atoms with E-state index in [9.17, 15) is 9.59 Å². The molecule has 3 aliphatic rings. The van der Waals surface area contributed by atoms with Gasteiger partial charge in [0.2, 0.25) is 5.91 Å². The summed E-state index contributed by atoms with van der Waals surface area (Å²) in [7, 11) is 0. The minimum atomic E-state index is -1.13. The van der Waals surface area contributed by atoms with E-state index in [2.05, 4.69) is 93.6 Å². The number of aromatic amines is 1. The van der Waals surface area contributed by atoms with Crippen molar-refractivity contribution in [2.24, 2.45) is 29.1 Å². The van der Waals surface area contributed by atoms with Gasteiger partial charge in [0, 0.05) is 40.9 Å². The molecule has 2 aliphatic carbocycles. The van der Waals surface area contributed by atoms with Gasteiger partial charge in [-0.1, -0.05) is 80.5 Å². The maximum Gasteiger partial charge on any atom is 0.235 e.